The molecule has 1 aliphatic carbocycles. The van der Waals surface area contributed by atoms with Gasteiger partial charge in [0.15, 0.2) is 0 Å². The minimum Gasteiger partial charge on any atom is -0.393 e. The average Bonchev–Trinajstić information content (AvgIpc) is 2.54. The molecule has 0 aromatic heterocycles. The Morgan fingerprint density at radius 2 is 1.92 bits per heavy atom. The summed E-state index contributed by atoms with van der Waals surface area (Å²) in [7, 11) is 1.79. The summed E-state index contributed by atoms with van der Waals surface area (Å²) < 4.78 is 1.04. The van der Waals surface area contributed by atoms with Crippen molar-refractivity contribution in [1.29, 1.82) is 0 Å². The molecule has 4 nitrogen and oxygen atoms in total. The second-order valence-electron chi connectivity index (χ2n) is 6.39. The van der Waals surface area contributed by atoms with Crippen molar-refractivity contribution in [1.82, 2.24) is 4.90 Å². The molecule has 1 fully saturated rings. The third-order valence-electron chi connectivity index (χ3n) is 4.38. The van der Waals surface area contributed by atoms with Crippen LogP contribution in [-0.4, -0.2) is 35.7 Å². The summed E-state index contributed by atoms with van der Waals surface area (Å²) in [6.07, 6.45) is 1.39. The van der Waals surface area contributed by atoms with E-state index in [1.54, 1.807) is 11.9 Å². The maximum atomic E-state index is 12.3. The van der Waals surface area contributed by atoms with E-state index in [9.17, 15) is 9.90 Å². The fourth-order valence-electron chi connectivity index (χ4n) is 2.96. The lowest BCUT2D eigenvalue weighted by atomic mass is 9.82. The zero-order chi connectivity index (χ0) is 17.1. The predicted molar refractivity (Wildman–Crippen MR) is 100.0 cm³/mol. The number of carbonyl (C=O) groups is 1. The molecule has 0 bridgehead atoms. The molecule has 2 aromatic carbocycles. The van der Waals surface area contributed by atoms with Crippen molar-refractivity contribution in [2.45, 2.75) is 18.9 Å². The number of hydrogen-bond donors (Lipinski definition) is 2. The van der Waals surface area contributed by atoms with E-state index < -0.39 is 0 Å². The highest BCUT2D eigenvalue weighted by atomic mass is 79.9. The molecule has 2 N–H and O–H groups in total. The number of hydrogen-bond acceptors (Lipinski definition) is 2. The van der Waals surface area contributed by atoms with Crippen LogP contribution in [0.15, 0.2) is 53.0 Å². The standard InChI is InChI=1S/C19H21BrN2O2/c1-22(12-13-9-18(23)10-13)19(24)21-17-4-2-3-15(11-17)14-5-7-16(20)8-6-14/h2-8,11,13,18,23H,9-10,12H2,1H3,(H,21,24). The van der Waals surface area contributed by atoms with Gasteiger partial charge in [0.05, 0.1) is 6.10 Å². The van der Waals surface area contributed by atoms with E-state index in [1.807, 2.05) is 48.5 Å². The molecule has 2 amide bonds. The van der Waals surface area contributed by atoms with E-state index in [0.717, 1.165) is 34.1 Å². The molecule has 1 aliphatic rings. The maximum Gasteiger partial charge on any atom is 0.321 e. The number of aliphatic hydroxyl groups excluding tert-OH is 1. The Balaban J connectivity index is 1.63. The van der Waals surface area contributed by atoms with E-state index in [4.69, 9.17) is 0 Å². The van der Waals surface area contributed by atoms with Gasteiger partial charge >= 0.3 is 6.03 Å². The number of anilines is 1. The number of aliphatic hydroxyl groups is 1. The number of halogens is 1. The minimum atomic E-state index is -0.186. The lowest BCUT2D eigenvalue weighted by Crippen LogP contribution is -2.41. The van der Waals surface area contributed by atoms with Crippen molar-refractivity contribution in [3.05, 3.63) is 53.0 Å². The molecule has 0 aliphatic heterocycles. The van der Waals surface area contributed by atoms with Crippen LogP contribution in [0.3, 0.4) is 0 Å². The van der Waals surface area contributed by atoms with E-state index >= 15 is 0 Å². The monoisotopic (exact) mass is 388 g/mol. The molecule has 5 heteroatoms. The van der Waals surface area contributed by atoms with Crippen molar-refractivity contribution in [2.75, 3.05) is 18.9 Å². The van der Waals surface area contributed by atoms with Crippen LogP contribution < -0.4 is 5.32 Å². The van der Waals surface area contributed by atoms with Gasteiger partial charge in [0.2, 0.25) is 0 Å². The van der Waals surface area contributed by atoms with Crippen LogP contribution in [-0.2, 0) is 0 Å². The van der Waals surface area contributed by atoms with Gasteiger partial charge in [0, 0.05) is 23.8 Å². The number of nitrogens with zero attached hydrogens (tertiary/aromatic N) is 1. The van der Waals surface area contributed by atoms with Gasteiger partial charge in [-0.2, -0.15) is 0 Å². The van der Waals surface area contributed by atoms with Gasteiger partial charge in [0.25, 0.3) is 0 Å². The fraction of sp³-hybridized carbons (Fsp3) is 0.316. The molecule has 3 rings (SSSR count). The highest BCUT2D eigenvalue weighted by Gasteiger charge is 2.29. The van der Waals surface area contributed by atoms with Crippen molar-refractivity contribution in [3.8, 4) is 11.1 Å². The lowest BCUT2D eigenvalue weighted by molar-refractivity contribution is 0.0332. The van der Waals surface area contributed by atoms with Crippen LogP contribution >= 0.6 is 15.9 Å². The first kappa shape index (κ1) is 17.0. The molecule has 1 saturated carbocycles. The van der Waals surface area contributed by atoms with Gasteiger partial charge in [-0.3, -0.25) is 0 Å². The van der Waals surface area contributed by atoms with Gasteiger partial charge in [0.1, 0.15) is 0 Å². The molecule has 126 valence electrons. The Morgan fingerprint density at radius 1 is 1.21 bits per heavy atom. The Morgan fingerprint density at radius 3 is 2.58 bits per heavy atom. The third-order valence-corrected chi connectivity index (χ3v) is 4.91. The molecule has 0 unspecified atom stereocenters. The number of rotatable bonds is 4. The lowest BCUT2D eigenvalue weighted by Gasteiger charge is -2.34. The Bertz CT molecular complexity index is 712. The first-order valence-electron chi connectivity index (χ1n) is 8.07. The van der Waals surface area contributed by atoms with Crippen LogP contribution in [0.1, 0.15) is 12.8 Å². The zero-order valence-electron chi connectivity index (χ0n) is 13.6. The van der Waals surface area contributed by atoms with Gasteiger partial charge in [-0.05, 0) is 54.2 Å². The van der Waals surface area contributed by atoms with Crippen LogP contribution in [0.25, 0.3) is 11.1 Å². The van der Waals surface area contributed by atoms with Crippen molar-refractivity contribution in [2.24, 2.45) is 5.92 Å². The summed E-state index contributed by atoms with van der Waals surface area (Å²) in [5.41, 5.74) is 2.94. The van der Waals surface area contributed by atoms with E-state index in [0.29, 0.717) is 12.5 Å². The summed E-state index contributed by atoms with van der Waals surface area (Å²) in [6, 6.07) is 15.8. The first-order chi connectivity index (χ1) is 11.5. The molecule has 0 spiro atoms. The molecule has 0 radical (unpaired) electrons. The predicted octanol–water partition coefficient (Wildman–Crippen LogP) is 4.35. The smallest absolute Gasteiger partial charge is 0.321 e. The largest absolute Gasteiger partial charge is 0.393 e. The first-order valence-corrected chi connectivity index (χ1v) is 8.87. The number of benzene rings is 2. The summed E-state index contributed by atoms with van der Waals surface area (Å²) in [4.78, 5) is 14.0. The van der Waals surface area contributed by atoms with E-state index in [-0.39, 0.29) is 12.1 Å². The maximum absolute atomic E-state index is 12.3. The van der Waals surface area contributed by atoms with Crippen LogP contribution in [0, 0.1) is 5.92 Å². The van der Waals surface area contributed by atoms with Gasteiger partial charge in [-0.1, -0.05) is 40.2 Å². The van der Waals surface area contributed by atoms with Gasteiger partial charge in [-0.15, -0.1) is 0 Å². The van der Waals surface area contributed by atoms with Crippen LogP contribution in [0.4, 0.5) is 10.5 Å². The van der Waals surface area contributed by atoms with Crippen molar-refractivity contribution in [3.63, 3.8) is 0 Å². The number of amides is 2. The highest BCUT2D eigenvalue weighted by Crippen LogP contribution is 2.28. The second-order valence-corrected chi connectivity index (χ2v) is 7.31. The molecule has 2 aromatic rings. The number of nitrogens with one attached hydrogen (secondary N) is 1. The Hall–Kier alpha value is -1.85. The van der Waals surface area contributed by atoms with E-state index in [2.05, 4.69) is 21.2 Å². The molecule has 0 saturated heterocycles. The molecule has 0 atom stereocenters. The molecular formula is C19H21BrN2O2. The highest BCUT2D eigenvalue weighted by molar-refractivity contribution is 9.10. The minimum absolute atomic E-state index is 0.121. The topological polar surface area (TPSA) is 52.6 Å². The second kappa shape index (κ2) is 7.36. The average molecular weight is 389 g/mol. The normalized spacial score (nSPS) is 19.5. The molecular weight excluding hydrogens is 368 g/mol. The Labute approximate surface area is 150 Å². The molecule has 0 heterocycles. The molecule has 24 heavy (non-hydrogen) atoms. The summed E-state index contributed by atoms with van der Waals surface area (Å²) >= 11 is 3.44. The van der Waals surface area contributed by atoms with Crippen LogP contribution in [0.5, 0.6) is 0 Å². The number of carbonyl (C=O) groups excluding carboxylic acids is 1. The van der Waals surface area contributed by atoms with Crippen molar-refractivity contribution >= 4 is 27.6 Å². The van der Waals surface area contributed by atoms with Crippen molar-refractivity contribution < 1.29 is 9.90 Å². The third kappa shape index (κ3) is 4.16. The fourth-order valence-corrected chi connectivity index (χ4v) is 3.22. The summed E-state index contributed by atoms with van der Waals surface area (Å²) in [5, 5.41) is 12.3. The zero-order valence-corrected chi connectivity index (χ0v) is 15.2. The number of urea groups is 1. The van der Waals surface area contributed by atoms with Gasteiger partial charge < -0.3 is 15.3 Å². The summed E-state index contributed by atoms with van der Waals surface area (Å²) in [6.45, 7) is 0.676. The SMILES string of the molecule is CN(CC1CC(O)C1)C(=O)Nc1cccc(-c2ccc(Br)cc2)c1. The Kier molecular flexibility index (Phi) is 5.21. The van der Waals surface area contributed by atoms with Crippen LogP contribution in [0.2, 0.25) is 0 Å². The van der Waals surface area contributed by atoms with E-state index in [1.165, 1.54) is 0 Å². The van der Waals surface area contributed by atoms with Gasteiger partial charge in [-0.25, -0.2) is 4.79 Å². The quantitative estimate of drug-likeness (QED) is 0.817. The summed E-state index contributed by atoms with van der Waals surface area (Å²) in [5.74, 6) is 0.407.